The van der Waals surface area contributed by atoms with Crippen molar-refractivity contribution < 1.29 is 72.4 Å². The lowest BCUT2D eigenvalue weighted by molar-refractivity contribution is -0.350. The van der Waals surface area contributed by atoms with Crippen molar-refractivity contribution >= 4 is 11.9 Å². The molecule has 0 bridgehead atoms. The monoisotopic (exact) mass is 576 g/mol. The summed E-state index contributed by atoms with van der Waals surface area (Å²) in [7, 11) is 0. The van der Waals surface area contributed by atoms with Gasteiger partial charge in [-0.3, -0.25) is 0 Å². The fourth-order valence-electron chi connectivity index (χ4n) is 3.02. The SMILES string of the molecule is C=C(C)C(=O)OCCC1CC(C(F)(F)C(F)(F)F)O1.C=C(C)C(=O)OCCC1OCC1C(F)(F)C(F)(F)F. The summed E-state index contributed by atoms with van der Waals surface area (Å²) < 4.78 is 142. The second-order valence-corrected chi connectivity index (χ2v) is 8.61. The molecule has 2 heterocycles. The molecule has 0 aromatic rings. The third-order valence-corrected chi connectivity index (χ3v) is 5.40. The Balaban J connectivity index is 0.000000380. The predicted octanol–water partition coefficient (Wildman–Crippen LogP) is 5.56. The molecule has 4 unspecified atom stereocenters. The van der Waals surface area contributed by atoms with Crippen LogP contribution in [0.2, 0.25) is 0 Å². The lowest BCUT2D eigenvalue weighted by Gasteiger charge is -2.41. The number of carbonyl (C=O) groups is 2. The molecule has 0 aromatic heterocycles. The zero-order chi connectivity index (χ0) is 29.7. The minimum absolute atomic E-state index is 0.0729. The summed E-state index contributed by atoms with van der Waals surface area (Å²) in [5.74, 6) is -12.9. The van der Waals surface area contributed by atoms with Gasteiger partial charge < -0.3 is 18.9 Å². The topological polar surface area (TPSA) is 71.1 Å². The number of alkyl halides is 10. The van der Waals surface area contributed by atoms with Gasteiger partial charge in [0.15, 0.2) is 0 Å². The van der Waals surface area contributed by atoms with E-state index in [0.717, 1.165) is 0 Å². The first-order valence-corrected chi connectivity index (χ1v) is 10.9. The molecule has 4 atom stereocenters. The van der Waals surface area contributed by atoms with Gasteiger partial charge in [-0.25, -0.2) is 9.59 Å². The summed E-state index contributed by atoms with van der Waals surface area (Å²) in [4.78, 5) is 21.9. The third-order valence-electron chi connectivity index (χ3n) is 5.40. The van der Waals surface area contributed by atoms with Gasteiger partial charge in [-0.1, -0.05) is 13.2 Å². The number of rotatable bonds is 10. The van der Waals surface area contributed by atoms with E-state index in [-0.39, 0.29) is 37.2 Å². The Labute approximate surface area is 210 Å². The highest BCUT2D eigenvalue weighted by molar-refractivity contribution is 5.87. The average molecular weight is 576 g/mol. The zero-order valence-electron chi connectivity index (χ0n) is 20.2. The number of halogens is 10. The molecule has 0 saturated carbocycles. The summed E-state index contributed by atoms with van der Waals surface area (Å²) in [6.07, 6.45) is -16.0. The van der Waals surface area contributed by atoms with Gasteiger partial charge in [0.25, 0.3) is 0 Å². The van der Waals surface area contributed by atoms with E-state index >= 15 is 0 Å². The van der Waals surface area contributed by atoms with E-state index in [1.54, 1.807) is 0 Å². The Morgan fingerprint density at radius 2 is 1.21 bits per heavy atom. The van der Waals surface area contributed by atoms with E-state index < -0.39 is 73.4 Å². The summed E-state index contributed by atoms with van der Waals surface area (Å²) in [6.45, 7) is 8.39. The fourth-order valence-corrected chi connectivity index (χ4v) is 3.02. The van der Waals surface area contributed by atoms with Gasteiger partial charge >= 0.3 is 36.1 Å². The van der Waals surface area contributed by atoms with Crippen molar-refractivity contribution in [2.45, 2.75) is 75.6 Å². The van der Waals surface area contributed by atoms with Crippen molar-refractivity contribution in [3.05, 3.63) is 24.3 Å². The standard InChI is InChI=1S/2C11H13F5O3/c1-6(2)9(17)18-4-3-8-7(5-19-8)10(12,13)11(14,15)16;1-6(2)9(17)18-4-3-7-5-8(19-7)10(12,13)11(14,15)16/h2*7-8H,1,3-5H2,2H3. The van der Waals surface area contributed by atoms with Crippen LogP contribution in [0.4, 0.5) is 43.9 Å². The molecule has 220 valence electrons. The van der Waals surface area contributed by atoms with Gasteiger partial charge in [0.2, 0.25) is 0 Å². The lowest BCUT2D eigenvalue weighted by atomic mass is 9.88. The van der Waals surface area contributed by atoms with Gasteiger partial charge in [-0.15, -0.1) is 0 Å². The van der Waals surface area contributed by atoms with Crippen molar-refractivity contribution in [3.63, 3.8) is 0 Å². The normalized spacial score (nSPS) is 23.7. The maximum absolute atomic E-state index is 13.0. The summed E-state index contributed by atoms with van der Waals surface area (Å²) in [6, 6.07) is 0. The van der Waals surface area contributed by atoms with Gasteiger partial charge in [0.1, 0.15) is 6.10 Å². The van der Waals surface area contributed by atoms with Crippen LogP contribution in [-0.4, -0.2) is 74.3 Å². The van der Waals surface area contributed by atoms with Gasteiger partial charge in [-0.2, -0.15) is 43.9 Å². The average Bonchev–Trinajstić information content (AvgIpc) is 2.69. The Kier molecular flexibility index (Phi) is 11.2. The molecule has 0 aliphatic carbocycles. The summed E-state index contributed by atoms with van der Waals surface area (Å²) in [5, 5.41) is 0. The van der Waals surface area contributed by atoms with Crippen LogP contribution in [0.1, 0.15) is 33.1 Å². The van der Waals surface area contributed by atoms with Crippen LogP contribution in [0.3, 0.4) is 0 Å². The molecule has 2 saturated heterocycles. The van der Waals surface area contributed by atoms with E-state index in [4.69, 9.17) is 0 Å². The first-order valence-electron chi connectivity index (χ1n) is 10.9. The van der Waals surface area contributed by atoms with E-state index in [1.165, 1.54) is 13.8 Å². The van der Waals surface area contributed by atoms with Crippen molar-refractivity contribution in [1.82, 2.24) is 0 Å². The fraction of sp³-hybridized carbons (Fsp3) is 0.727. The minimum Gasteiger partial charge on any atom is -0.462 e. The Bertz CT molecular complexity index is 862. The molecule has 0 amide bonds. The van der Waals surface area contributed by atoms with E-state index in [0.29, 0.717) is 0 Å². The highest BCUT2D eigenvalue weighted by atomic mass is 19.4. The second kappa shape index (κ2) is 12.7. The maximum atomic E-state index is 13.0. The van der Waals surface area contributed by atoms with E-state index in [1.807, 2.05) is 0 Å². The quantitative estimate of drug-likeness (QED) is 0.193. The Hall–Kier alpha value is -2.36. The van der Waals surface area contributed by atoms with Crippen LogP contribution < -0.4 is 0 Å². The van der Waals surface area contributed by atoms with Crippen molar-refractivity contribution in [2.24, 2.45) is 5.92 Å². The van der Waals surface area contributed by atoms with Gasteiger partial charge in [0.05, 0.1) is 37.9 Å². The molecule has 0 radical (unpaired) electrons. The van der Waals surface area contributed by atoms with Crippen LogP contribution in [0.25, 0.3) is 0 Å². The number of hydrogen-bond donors (Lipinski definition) is 0. The highest BCUT2D eigenvalue weighted by Gasteiger charge is 2.67. The van der Waals surface area contributed by atoms with Crippen molar-refractivity contribution in [1.29, 1.82) is 0 Å². The number of esters is 2. The molecule has 0 N–H and O–H groups in total. The van der Waals surface area contributed by atoms with Crippen molar-refractivity contribution in [3.8, 4) is 0 Å². The smallest absolute Gasteiger partial charge is 0.456 e. The highest BCUT2D eigenvalue weighted by Crippen LogP contribution is 2.47. The molecule has 6 nitrogen and oxygen atoms in total. The van der Waals surface area contributed by atoms with Crippen LogP contribution >= 0.6 is 0 Å². The first kappa shape index (κ1) is 33.7. The predicted molar refractivity (Wildman–Crippen MR) is 109 cm³/mol. The molecule has 2 aliphatic rings. The minimum atomic E-state index is -5.62. The molecule has 2 rings (SSSR count). The Morgan fingerprint density at radius 3 is 1.55 bits per heavy atom. The summed E-state index contributed by atoms with van der Waals surface area (Å²) >= 11 is 0. The number of carbonyl (C=O) groups excluding carboxylic acids is 2. The van der Waals surface area contributed by atoms with Crippen molar-refractivity contribution in [2.75, 3.05) is 19.8 Å². The van der Waals surface area contributed by atoms with E-state index in [2.05, 4.69) is 32.1 Å². The molecule has 0 spiro atoms. The van der Waals surface area contributed by atoms with Gasteiger partial charge in [0, 0.05) is 30.4 Å². The molecular weight excluding hydrogens is 550 g/mol. The first-order chi connectivity index (χ1) is 17.1. The molecule has 0 aromatic carbocycles. The van der Waals surface area contributed by atoms with Crippen LogP contribution in [0, 0.1) is 5.92 Å². The number of hydrogen-bond acceptors (Lipinski definition) is 6. The summed E-state index contributed by atoms with van der Waals surface area (Å²) in [5.41, 5.74) is 0.294. The largest absolute Gasteiger partial charge is 0.462 e. The Morgan fingerprint density at radius 1 is 0.789 bits per heavy atom. The molecule has 2 fully saturated rings. The van der Waals surface area contributed by atoms with Crippen LogP contribution in [0.5, 0.6) is 0 Å². The van der Waals surface area contributed by atoms with E-state index in [9.17, 15) is 53.5 Å². The number of ether oxygens (including phenoxy) is 4. The molecule has 38 heavy (non-hydrogen) atoms. The second-order valence-electron chi connectivity index (χ2n) is 8.61. The third kappa shape index (κ3) is 8.58. The molecular formula is C22H26F10O6. The maximum Gasteiger partial charge on any atom is 0.456 e. The lowest BCUT2D eigenvalue weighted by Crippen LogP contribution is -2.57. The molecule has 16 heteroatoms. The van der Waals surface area contributed by atoms with Crippen LogP contribution in [-0.2, 0) is 28.5 Å². The van der Waals surface area contributed by atoms with Crippen LogP contribution in [0.15, 0.2) is 24.3 Å². The molecule has 2 aliphatic heterocycles. The zero-order valence-corrected chi connectivity index (χ0v) is 20.2. The van der Waals surface area contributed by atoms with Gasteiger partial charge in [-0.05, 0) is 13.8 Å².